The number of hydrogen-bond donors (Lipinski definition) is 3. The Hall–Kier alpha value is -2.57. The molecule has 1 fully saturated rings. The van der Waals surface area contributed by atoms with Crippen LogP contribution in [-0.4, -0.2) is 30.9 Å². The van der Waals surface area contributed by atoms with Crippen LogP contribution in [0.5, 0.6) is 5.75 Å². The van der Waals surface area contributed by atoms with E-state index in [4.69, 9.17) is 20.7 Å². The first kappa shape index (κ1) is 26.7. The molecular formula is C27H35CoN3O2. The van der Waals surface area contributed by atoms with E-state index in [1.807, 2.05) is 18.2 Å². The topological polar surface area (TPSA) is 80.4 Å². The molecule has 2 aromatic carbocycles. The normalized spacial score (nSPS) is 20.5. The molecule has 1 saturated carbocycles. The van der Waals surface area contributed by atoms with Gasteiger partial charge in [-0.05, 0) is 68.5 Å². The number of likely N-dealkylation sites (N-methyl/N-ethyl adjacent to an activating group) is 1. The van der Waals surface area contributed by atoms with Gasteiger partial charge in [-0.25, -0.2) is 0 Å². The number of rotatable bonds is 6. The number of aliphatic hydroxyl groups is 1. The van der Waals surface area contributed by atoms with Gasteiger partial charge in [0.15, 0.2) is 5.90 Å². The first-order chi connectivity index (χ1) is 15.4. The van der Waals surface area contributed by atoms with E-state index < -0.39 is 0 Å². The Bertz CT molecular complexity index is 971. The first-order valence-corrected chi connectivity index (χ1v) is 11.4. The Morgan fingerprint density at radius 3 is 2.36 bits per heavy atom. The Balaban J connectivity index is 0.000000364. The van der Waals surface area contributed by atoms with E-state index in [0.717, 1.165) is 31.6 Å². The third-order valence-corrected chi connectivity index (χ3v) is 6.64. The van der Waals surface area contributed by atoms with Crippen molar-refractivity contribution in [1.82, 2.24) is 0 Å². The molecule has 2 aromatic rings. The van der Waals surface area contributed by atoms with Crippen molar-refractivity contribution < 1.29 is 26.6 Å². The standard InChI is InChI=1S/C21H24N2O.C6H11NO.Co/c1-4-23-19-11-10-17(24-3)14-18(19)21(2,20(23)12-13-22)15-16-8-6-5-7-9-16;7-6(8)5-3-1-2-4-5;/h5-14,22H,4,15H2,1-3H3;5H,1-4H2,(H2,7,8);/b20-12-,22-13?;;. The molecule has 6 heteroatoms. The van der Waals surface area contributed by atoms with E-state index in [0.29, 0.717) is 0 Å². The van der Waals surface area contributed by atoms with Crippen molar-refractivity contribution in [1.29, 1.82) is 10.8 Å². The summed E-state index contributed by atoms with van der Waals surface area (Å²) in [6, 6.07) is 16.8. The van der Waals surface area contributed by atoms with Gasteiger partial charge in [0.25, 0.3) is 0 Å². The van der Waals surface area contributed by atoms with Gasteiger partial charge in [-0.3, -0.25) is 5.41 Å². The van der Waals surface area contributed by atoms with Gasteiger partial charge < -0.3 is 20.2 Å². The largest absolute Gasteiger partial charge is 0.497 e. The molecule has 5 nitrogen and oxygen atoms in total. The molecule has 4 rings (SSSR count). The molecule has 1 radical (unpaired) electrons. The van der Waals surface area contributed by atoms with Crippen molar-refractivity contribution in [2.24, 2.45) is 5.92 Å². The predicted molar refractivity (Wildman–Crippen MR) is 133 cm³/mol. The van der Waals surface area contributed by atoms with Gasteiger partial charge in [0, 0.05) is 52.3 Å². The summed E-state index contributed by atoms with van der Waals surface area (Å²) in [5, 5.41) is 23.1. The van der Waals surface area contributed by atoms with Crippen LogP contribution in [0.3, 0.4) is 0 Å². The van der Waals surface area contributed by atoms with Crippen LogP contribution in [0, 0.1) is 16.7 Å². The predicted octanol–water partition coefficient (Wildman–Crippen LogP) is 6.28. The van der Waals surface area contributed by atoms with Crippen molar-refractivity contribution in [3.8, 4) is 5.75 Å². The zero-order valence-electron chi connectivity index (χ0n) is 19.7. The smallest absolute Gasteiger partial charge is 0.181 e. The van der Waals surface area contributed by atoms with Crippen LogP contribution < -0.4 is 9.64 Å². The Morgan fingerprint density at radius 2 is 1.85 bits per heavy atom. The molecule has 0 amide bonds. The first-order valence-electron chi connectivity index (χ1n) is 11.4. The van der Waals surface area contributed by atoms with Crippen molar-refractivity contribution in [2.75, 3.05) is 18.6 Å². The quantitative estimate of drug-likeness (QED) is 0.328. The zero-order valence-corrected chi connectivity index (χ0v) is 20.8. The number of methoxy groups -OCH3 is 1. The van der Waals surface area contributed by atoms with E-state index in [1.54, 1.807) is 7.11 Å². The number of allylic oxidation sites excluding steroid dienone is 2. The second-order valence-corrected chi connectivity index (χ2v) is 8.71. The molecule has 2 aliphatic rings. The van der Waals surface area contributed by atoms with Gasteiger partial charge in [-0.2, -0.15) is 0 Å². The van der Waals surface area contributed by atoms with Crippen LogP contribution in [0.25, 0.3) is 0 Å². The van der Waals surface area contributed by atoms with Gasteiger partial charge in [0.2, 0.25) is 0 Å². The molecule has 33 heavy (non-hydrogen) atoms. The number of hydrogen-bond acceptors (Lipinski definition) is 4. The summed E-state index contributed by atoms with van der Waals surface area (Å²) in [7, 11) is 1.71. The van der Waals surface area contributed by atoms with E-state index >= 15 is 0 Å². The van der Waals surface area contributed by atoms with E-state index in [1.165, 1.54) is 41.6 Å². The fourth-order valence-electron chi connectivity index (χ4n) is 4.97. The molecule has 1 atom stereocenters. The van der Waals surface area contributed by atoms with E-state index in [2.05, 4.69) is 55.1 Å². The van der Waals surface area contributed by atoms with Crippen molar-refractivity contribution in [3.63, 3.8) is 0 Å². The van der Waals surface area contributed by atoms with Gasteiger partial charge in [0.05, 0.1) is 7.11 Å². The molecule has 0 aromatic heterocycles. The van der Waals surface area contributed by atoms with E-state index in [9.17, 15) is 0 Å². The second kappa shape index (κ2) is 12.0. The summed E-state index contributed by atoms with van der Waals surface area (Å²) in [5.74, 6) is 0.970. The minimum atomic E-state index is -0.182. The monoisotopic (exact) mass is 492 g/mol. The average Bonchev–Trinajstić information content (AvgIpc) is 3.42. The minimum absolute atomic E-state index is 0. The molecule has 1 unspecified atom stereocenters. The Morgan fingerprint density at radius 1 is 1.18 bits per heavy atom. The molecule has 0 spiro atoms. The van der Waals surface area contributed by atoms with Gasteiger partial charge in [0.1, 0.15) is 5.75 Å². The Kier molecular flexibility index (Phi) is 9.74. The summed E-state index contributed by atoms with van der Waals surface area (Å²) in [4.78, 5) is 2.31. The summed E-state index contributed by atoms with van der Waals surface area (Å²) in [6.45, 7) is 5.30. The molecule has 1 aliphatic carbocycles. The molecule has 0 saturated heterocycles. The fraction of sp³-hybridized carbons (Fsp3) is 0.407. The minimum Gasteiger partial charge on any atom is -0.497 e. The van der Waals surface area contributed by atoms with Crippen LogP contribution in [0.4, 0.5) is 5.69 Å². The summed E-state index contributed by atoms with van der Waals surface area (Å²) >= 11 is 0. The summed E-state index contributed by atoms with van der Waals surface area (Å²) in [6.07, 6.45) is 8.64. The number of fused-ring (bicyclic) bond motifs is 1. The van der Waals surface area contributed by atoms with Crippen molar-refractivity contribution in [3.05, 3.63) is 71.4 Å². The van der Waals surface area contributed by atoms with Crippen LogP contribution in [-0.2, 0) is 28.6 Å². The number of aliphatic hydroxyl groups excluding tert-OH is 1. The number of nitrogens with one attached hydrogen (secondary N) is 2. The fourth-order valence-corrected chi connectivity index (χ4v) is 4.97. The zero-order chi connectivity index (χ0) is 23.1. The number of anilines is 1. The second-order valence-electron chi connectivity index (χ2n) is 8.71. The summed E-state index contributed by atoms with van der Waals surface area (Å²) in [5.41, 5.74) is 4.76. The Labute approximate surface area is 208 Å². The number of benzene rings is 2. The van der Waals surface area contributed by atoms with Gasteiger partial charge in [-0.15, -0.1) is 0 Å². The maximum atomic E-state index is 8.64. The summed E-state index contributed by atoms with van der Waals surface area (Å²) < 4.78 is 5.46. The molecule has 179 valence electrons. The van der Waals surface area contributed by atoms with E-state index in [-0.39, 0.29) is 34.0 Å². The molecule has 1 heterocycles. The van der Waals surface area contributed by atoms with Crippen LogP contribution in [0.1, 0.15) is 50.7 Å². The molecule has 0 bridgehead atoms. The third-order valence-electron chi connectivity index (χ3n) is 6.64. The van der Waals surface area contributed by atoms with Gasteiger partial charge in [-0.1, -0.05) is 43.2 Å². The number of nitrogens with zero attached hydrogens (tertiary/aromatic N) is 1. The van der Waals surface area contributed by atoms with Crippen LogP contribution in [0.2, 0.25) is 0 Å². The van der Waals surface area contributed by atoms with Crippen LogP contribution in [0.15, 0.2) is 60.3 Å². The molecule has 1 aliphatic heterocycles. The SMILES string of the molecule is CCN1/C(=C\C=N)C(C)(Cc2ccccc2)c2cc(OC)ccc21.N=C(O)C1CCCC1.[Co]. The average molecular weight is 493 g/mol. The van der Waals surface area contributed by atoms with Crippen molar-refractivity contribution >= 4 is 17.8 Å². The van der Waals surface area contributed by atoms with Crippen LogP contribution >= 0.6 is 0 Å². The number of ether oxygens (including phenoxy) is 1. The molecular weight excluding hydrogens is 457 g/mol. The molecule has 3 N–H and O–H groups in total. The van der Waals surface area contributed by atoms with Gasteiger partial charge >= 0.3 is 0 Å². The maximum absolute atomic E-state index is 8.64. The third kappa shape index (κ3) is 5.87. The maximum Gasteiger partial charge on any atom is 0.181 e. The van der Waals surface area contributed by atoms with Crippen molar-refractivity contribution in [2.45, 2.75) is 51.4 Å².